The number of carbonyl (C=O) groups is 2. The van der Waals surface area contributed by atoms with E-state index in [-0.39, 0.29) is 30.1 Å². The largest absolute Gasteiger partial charge is 0.496 e. The molecule has 1 aromatic heterocycles. The van der Waals surface area contributed by atoms with E-state index < -0.39 is 47.3 Å². The standard InChI is InChI=1S/C35H41NO8/c1-33-10-8-24(39)13-23(33)6-7-25-26-14-30-35(29(41)19-38,34(26,2)15-27(40)31(25)33)44-32(43-30)21-9-11-36(17-21)16-20-4-5-22(18-37)28(12-20)42-3/h4-5,8-13,17,25-27,30-32,37-38,40H,6-7,14-16,18-19H2,1-3H3/t25-,26-,27-,30+,31+,32+,33-,34-,35+/m0/s1. The van der Waals surface area contributed by atoms with Crippen molar-refractivity contribution in [2.45, 2.75) is 76.8 Å². The van der Waals surface area contributed by atoms with Gasteiger partial charge in [0, 0.05) is 46.8 Å². The number of allylic oxidation sites excluding steroid dienone is 4. The molecule has 0 spiro atoms. The summed E-state index contributed by atoms with van der Waals surface area (Å²) in [5.74, 6) is 0.294. The van der Waals surface area contributed by atoms with Crippen LogP contribution in [0.2, 0.25) is 0 Å². The van der Waals surface area contributed by atoms with Gasteiger partial charge < -0.3 is 34.1 Å². The molecule has 234 valence electrons. The van der Waals surface area contributed by atoms with Gasteiger partial charge in [0.15, 0.2) is 23.5 Å². The van der Waals surface area contributed by atoms with Gasteiger partial charge in [0.2, 0.25) is 0 Å². The smallest absolute Gasteiger partial charge is 0.193 e. The average Bonchev–Trinajstić information content (AvgIpc) is 3.69. The number of benzene rings is 1. The minimum absolute atomic E-state index is 0.00467. The fourth-order valence-electron chi connectivity index (χ4n) is 9.76. The Labute approximate surface area is 257 Å². The summed E-state index contributed by atoms with van der Waals surface area (Å²) in [7, 11) is 1.58. The number of fused-ring (bicyclic) bond motifs is 7. The highest BCUT2D eigenvalue weighted by Crippen LogP contribution is 2.70. The van der Waals surface area contributed by atoms with E-state index in [0.717, 1.165) is 35.1 Å². The fraction of sp³-hybridized carbons (Fsp3) is 0.543. The first-order valence-electron chi connectivity index (χ1n) is 15.6. The molecule has 1 aromatic carbocycles. The molecule has 9 nitrogen and oxygen atoms in total. The zero-order valence-corrected chi connectivity index (χ0v) is 25.4. The molecule has 44 heavy (non-hydrogen) atoms. The minimum Gasteiger partial charge on any atom is -0.496 e. The third-order valence-electron chi connectivity index (χ3n) is 11.7. The Bertz CT molecular complexity index is 1560. The van der Waals surface area contributed by atoms with Crippen LogP contribution >= 0.6 is 0 Å². The van der Waals surface area contributed by atoms with Crippen LogP contribution in [0.5, 0.6) is 5.75 Å². The van der Waals surface area contributed by atoms with Crippen LogP contribution in [0.25, 0.3) is 0 Å². The van der Waals surface area contributed by atoms with Gasteiger partial charge in [0.25, 0.3) is 0 Å². The van der Waals surface area contributed by atoms with Gasteiger partial charge in [-0.05, 0) is 67.4 Å². The fourth-order valence-corrected chi connectivity index (χ4v) is 9.76. The van der Waals surface area contributed by atoms with Gasteiger partial charge >= 0.3 is 0 Å². The second kappa shape index (κ2) is 10.5. The molecule has 4 aliphatic carbocycles. The van der Waals surface area contributed by atoms with Crippen LogP contribution in [-0.2, 0) is 32.2 Å². The van der Waals surface area contributed by atoms with Crippen molar-refractivity contribution >= 4 is 11.6 Å². The molecule has 0 bridgehead atoms. The number of carbonyl (C=O) groups excluding carboxylic acids is 2. The number of ether oxygens (including phenoxy) is 3. The maximum Gasteiger partial charge on any atom is 0.193 e. The number of hydrogen-bond donors (Lipinski definition) is 3. The Hall–Kier alpha value is -3.08. The summed E-state index contributed by atoms with van der Waals surface area (Å²) in [6, 6.07) is 7.62. The molecule has 4 fully saturated rings. The molecule has 1 aliphatic heterocycles. The molecule has 3 N–H and O–H groups in total. The molecule has 2 heterocycles. The molecule has 2 aromatic rings. The summed E-state index contributed by atoms with van der Waals surface area (Å²) >= 11 is 0. The minimum atomic E-state index is -1.38. The van der Waals surface area contributed by atoms with Gasteiger partial charge in [-0.25, -0.2) is 0 Å². The van der Waals surface area contributed by atoms with Crippen molar-refractivity contribution in [1.29, 1.82) is 0 Å². The number of ketones is 2. The lowest BCUT2D eigenvalue weighted by molar-refractivity contribution is -0.201. The highest BCUT2D eigenvalue weighted by atomic mass is 16.7. The quantitative estimate of drug-likeness (QED) is 0.438. The molecule has 7 rings (SSSR count). The van der Waals surface area contributed by atoms with Crippen molar-refractivity contribution in [3.8, 4) is 5.75 Å². The van der Waals surface area contributed by atoms with Crippen LogP contribution in [0.15, 0.2) is 60.5 Å². The van der Waals surface area contributed by atoms with Gasteiger partial charge in [0.05, 0.1) is 25.9 Å². The number of Topliss-reactive ketones (excluding diaryl/α,β-unsaturated/α-hetero) is 1. The summed E-state index contributed by atoms with van der Waals surface area (Å²) in [6.45, 7) is 3.96. The first-order chi connectivity index (χ1) is 21.1. The van der Waals surface area contributed by atoms with Gasteiger partial charge in [-0.3, -0.25) is 9.59 Å². The predicted molar refractivity (Wildman–Crippen MR) is 159 cm³/mol. The number of rotatable bonds is 7. The Kier molecular flexibility index (Phi) is 7.06. The molecule has 0 radical (unpaired) electrons. The van der Waals surface area contributed by atoms with E-state index in [1.807, 2.05) is 54.2 Å². The van der Waals surface area contributed by atoms with Crippen molar-refractivity contribution in [3.63, 3.8) is 0 Å². The first-order valence-corrected chi connectivity index (χ1v) is 15.6. The highest BCUT2D eigenvalue weighted by molar-refractivity contribution is 6.01. The predicted octanol–water partition coefficient (Wildman–Crippen LogP) is 3.64. The highest BCUT2D eigenvalue weighted by Gasteiger charge is 2.75. The van der Waals surface area contributed by atoms with E-state index in [1.165, 1.54) is 0 Å². The SMILES string of the molecule is COc1cc(Cn2ccc([C@@H]3O[C@@H]4C[C@H]5[C@@H]6CCC7=CC(=O)C=C[C@]7(C)[C@H]6[C@@H](O)C[C@]5(C)[C@]4(C(=O)CO)O3)c2)ccc1CO. The molecule has 9 atom stereocenters. The Morgan fingerprint density at radius 1 is 1.20 bits per heavy atom. The summed E-state index contributed by atoms with van der Waals surface area (Å²) in [4.78, 5) is 26.0. The lowest BCUT2D eigenvalue weighted by atomic mass is 9.46. The van der Waals surface area contributed by atoms with E-state index >= 15 is 0 Å². The van der Waals surface area contributed by atoms with Gasteiger partial charge in [-0.15, -0.1) is 0 Å². The van der Waals surface area contributed by atoms with Gasteiger partial charge in [0.1, 0.15) is 12.4 Å². The van der Waals surface area contributed by atoms with Gasteiger partial charge in [-0.2, -0.15) is 0 Å². The summed E-state index contributed by atoms with van der Waals surface area (Å²) in [6.07, 6.45) is 9.67. The van der Waals surface area contributed by atoms with Crippen LogP contribution in [0.3, 0.4) is 0 Å². The second-order valence-corrected chi connectivity index (χ2v) is 13.8. The van der Waals surface area contributed by atoms with Crippen molar-refractivity contribution in [2.24, 2.45) is 28.6 Å². The van der Waals surface area contributed by atoms with E-state index in [4.69, 9.17) is 14.2 Å². The topological polar surface area (TPSA) is 127 Å². The lowest BCUT2D eigenvalue weighted by Crippen LogP contribution is -2.63. The molecule has 9 heteroatoms. The number of aromatic nitrogens is 1. The molecule has 0 unspecified atom stereocenters. The number of hydrogen-bond acceptors (Lipinski definition) is 8. The third-order valence-corrected chi connectivity index (χ3v) is 11.7. The van der Waals surface area contributed by atoms with E-state index in [0.29, 0.717) is 25.1 Å². The van der Waals surface area contributed by atoms with E-state index in [2.05, 4.69) is 6.92 Å². The Balaban J connectivity index is 1.17. The average molecular weight is 604 g/mol. The molecule has 1 saturated heterocycles. The number of nitrogens with zero attached hydrogens (tertiary/aromatic N) is 1. The van der Waals surface area contributed by atoms with Crippen molar-refractivity contribution < 1.29 is 39.1 Å². The zero-order valence-electron chi connectivity index (χ0n) is 25.4. The number of aliphatic hydroxyl groups is 3. The number of aliphatic hydroxyl groups excluding tert-OH is 3. The maximum absolute atomic E-state index is 13.8. The van der Waals surface area contributed by atoms with Crippen molar-refractivity contribution in [3.05, 3.63) is 77.2 Å². The zero-order chi connectivity index (χ0) is 31.0. The van der Waals surface area contributed by atoms with Gasteiger partial charge in [-0.1, -0.05) is 37.6 Å². The lowest BCUT2D eigenvalue weighted by Gasteiger charge is -2.59. The summed E-state index contributed by atoms with van der Waals surface area (Å²) < 4.78 is 20.7. The normalized spacial score (nSPS) is 38.9. The molecule has 3 saturated carbocycles. The van der Waals surface area contributed by atoms with Crippen LogP contribution in [0.1, 0.15) is 62.5 Å². The maximum atomic E-state index is 13.8. The third kappa shape index (κ3) is 4.09. The molecular weight excluding hydrogens is 562 g/mol. The number of methoxy groups -OCH3 is 1. The van der Waals surface area contributed by atoms with E-state index in [1.54, 1.807) is 19.3 Å². The van der Waals surface area contributed by atoms with E-state index in [9.17, 15) is 24.9 Å². The van der Waals surface area contributed by atoms with Crippen LogP contribution in [0, 0.1) is 28.6 Å². The monoisotopic (exact) mass is 603 g/mol. The van der Waals surface area contributed by atoms with Crippen LogP contribution in [-0.4, -0.2) is 63.0 Å². The summed E-state index contributed by atoms with van der Waals surface area (Å²) in [5.41, 5.74) is 1.02. The second-order valence-electron chi connectivity index (χ2n) is 13.8. The Morgan fingerprint density at radius 3 is 2.77 bits per heavy atom. The van der Waals surface area contributed by atoms with Crippen LogP contribution in [0.4, 0.5) is 0 Å². The van der Waals surface area contributed by atoms with Crippen molar-refractivity contribution in [2.75, 3.05) is 13.7 Å². The molecular formula is C35H41NO8. The van der Waals surface area contributed by atoms with Crippen molar-refractivity contribution in [1.82, 2.24) is 4.57 Å². The summed E-state index contributed by atoms with van der Waals surface area (Å²) in [5, 5.41) is 31.6. The molecule has 0 amide bonds. The Morgan fingerprint density at radius 2 is 2.02 bits per heavy atom. The molecule has 5 aliphatic rings. The van der Waals surface area contributed by atoms with Crippen LogP contribution < -0.4 is 4.74 Å². The first kappa shape index (κ1) is 29.6.